The van der Waals surface area contributed by atoms with Crippen LogP contribution in [0.15, 0.2) is 0 Å². The van der Waals surface area contributed by atoms with E-state index in [-0.39, 0.29) is 12.5 Å². The number of nitrogens with zero attached hydrogens (tertiary/aromatic N) is 3. The van der Waals surface area contributed by atoms with Gasteiger partial charge in [-0.15, -0.1) is 0 Å². The summed E-state index contributed by atoms with van der Waals surface area (Å²) in [6.07, 6.45) is 1.43. The molecule has 0 atom stereocenters. The van der Waals surface area contributed by atoms with E-state index in [2.05, 4.69) is 0 Å². The molecule has 1 rings (SSSR count). The van der Waals surface area contributed by atoms with Crippen LogP contribution in [-0.2, 0) is 19.1 Å². The number of carbonyl (C=O) groups excluding carboxylic acids is 3. The maximum atomic E-state index is 12.0. The van der Waals surface area contributed by atoms with Crippen molar-refractivity contribution in [1.82, 2.24) is 14.7 Å². The van der Waals surface area contributed by atoms with Crippen LogP contribution < -0.4 is 5.73 Å². The number of rotatable bonds is 9. The van der Waals surface area contributed by atoms with Crippen molar-refractivity contribution in [3.8, 4) is 0 Å². The van der Waals surface area contributed by atoms with Crippen molar-refractivity contribution >= 4 is 18.7 Å². The number of piperazine rings is 1. The highest BCUT2D eigenvalue weighted by Crippen LogP contribution is 2.01. The average molecular weight is 286 g/mol. The number of hydrogen-bond acceptors (Lipinski definition) is 5. The van der Waals surface area contributed by atoms with Gasteiger partial charge in [0.1, 0.15) is 0 Å². The minimum Gasteiger partial charge on any atom is -0.378 e. The topological polar surface area (TPSA) is 96.2 Å². The third-order valence-electron chi connectivity index (χ3n) is 3.09. The van der Waals surface area contributed by atoms with Crippen LogP contribution in [0, 0.1) is 0 Å². The van der Waals surface area contributed by atoms with Crippen molar-refractivity contribution in [2.45, 2.75) is 0 Å². The second kappa shape index (κ2) is 9.27. The molecule has 0 radical (unpaired) electrons. The quantitative estimate of drug-likeness (QED) is 0.380. The van der Waals surface area contributed by atoms with Gasteiger partial charge in [-0.1, -0.05) is 0 Å². The molecule has 0 unspecified atom stereocenters. The Balaban J connectivity index is 2.28. The molecule has 1 aliphatic heterocycles. The molecule has 1 fully saturated rings. The monoisotopic (exact) mass is 286 g/mol. The lowest BCUT2D eigenvalue weighted by Gasteiger charge is -2.33. The van der Waals surface area contributed by atoms with Gasteiger partial charge in [0.05, 0.1) is 19.8 Å². The van der Waals surface area contributed by atoms with Gasteiger partial charge in [-0.25, -0.2) is 0 Å². The smallest absolute Gasteiger partial charge is 0.242 e. The zero-order chi connectivity index (χ0) is 14.8. The summed E-state index contributed by atoms with van der Waals surface area (Å²) in [5, 5.41) is 0. The number of amides is 3. The van der Waals surface area contributed by atoms with E-state index in [9.17, 15) is 14.4 Å². The molecular formula is C12H22N4O4. The molecule has 3 amide bonds. The summed E-state index contributed by atoms with van der Waals surface area (Å²) in [5.74, 6) is -0.110. The summed E-state index contributed by atoms with van der Waals surface area (Å²) >= 11 is 0. The molecule has 1 saturated heterocycles. The molecule has 1 heterocycles. The second-order valence-corrected chi connectivity index (χ2v) is 4.50. The van der Waals surface area contributed by atoms with Crippen molar-refractivity contribution in [2.75, 3.05) is 59.0 Å². The Hall–Kier alpha value is -1.67. The molecule has 8 nitrogen and oxygen atoms in total. The van der Waals surface area contributed by atoms with Gasteiger partial charge >= 0.3 is 0 Å². The maximum absolute atomic E-state index is 12.0. The van der Waals surface area contributed by atoms with Crippen LogP contribution >= 0.6 is 0 Å². The predicted octanol–water partition coefficient (Wildman–Crippen LogP) is -2.28. The molecule has 0 aromatic heterocycles. The van der Waals surface area contributed by atoms with E-state index in [4.69, 9.17) is 10.5 Å². The first kappa shape index (κ1) is 16.4. The van der Waals surface area contributed by atoms with Crippen molar-refractivity contribution in [3.05, 3.63) is 0 Å². The van der Waals surface area contributed by atoms with Gasteiger partial charge in [0.25, 0.3) is 0 Å². The summed E-state index contributed by atoms with van der Waals surface area (Å²) in [4.78, 5) is 38.2. The van der Waals surface area contributed by atoms with E-state index in [0.29, 0.717) is 58.9 Å². The van der Waals surface area contributed by atoms with Crippen LogP contribution in [0.4, 0.5) is 0 Å². The molecular weight excluding hydrogens is 264 g/mol. The zero-order valence-corrected chi connectivity index (χ0v) is 11.6. The second-order valence-electron chi connectivity index (χ2n) is 4.50. The van der Waals surface area contributed by atoms with Crippen LogP contribution in [0.25, 0.3) is 0 Å². The third kappa shape index (κ3) is 5.54. The van der Waals surface area contributed by atoms with Gasteiger partial charge < -0.3 is 25.2 Å². The Morgan fingerprint density at radius 3 is 2.45 bits per heavy atom. The molecule has 0 saturated carbocycles. The van der Waals surface area contributed by atoms with Gasteiger partial charge in [0.15, 0.2) is 0 Å². The molecule has 0 bridgehead atoms. The van der Waals surface area contributed by atoms with E-state index in [1.54, 1.807) is 9.80 Å². The fourth-order valence-corrected chi connectivity index (χ4v) is 1.89. The fraction of sp³-hybridized carbons (Fsp3) is 0.750. The first-order chi connectivity index (χ1) is 9.71. The van der Waals surface area contributed by atoms with Crippen LogP contribution in [-0.4, -0.2) is 92.5 Å². The zero-order valence-electron chi connectivity index (χ0n) is 11.6. The van der Waals surface area contributed by atoms with Gasteiger partial charge in [-0.2, -0.15) is 0 Å². The first-order valence-corrected chi connectivity index (χ1v) is 6.65. The van der Waals surface area contributed by atoms with E-state index in [1.807, 2.05) is 0 Å². The van der Waals surface area contributed by atoms with Crippen LogP contribution in [0.3, 0.4) is 0 Å². The largest absolute Gasteiger partial charge is 0.378 e. The fourth-order valence-electron chi connectivity index (χ4n) is 1.89. The van der Waals surface area contributed by atoms with Gasteiger partial charge in [-0.3, -0.25) is 14.4 Å². The Kier molecular flexibility index (Phi) is 7.59. The van der Waals surface area contributed by atoms with Crippen molar-refractivity contribution in [3.63, 3.8) is 0 Å². The summed E-state index contributed by atoms with van der Waals surface area (Å²) in [5.41, 5.74) is 5.28. The number of ether oxygens (including phenoxy) is 1. The molecule has 2 N–H and O–H groups in total. The number of nitrogens with two attached hydrogens (primary N) is 1. The normalized spacial score (nSPS) is 15.1. The molecule has 20 heavy (non-hydrogen) atoms. The highest BCUT2D eigenvalue weighted by molar-refractivity contribution is 5.80. The highest BCUT2D eigenvalue weighted by Gasteiger charge is 2.21. The van der Waals surface area contributed by atoms with Crippen molar-refractivity contribution in [1.29, 1.82) is 0 Å². The lowest BCUT2D eigenvalue weighted by atomic mass is 10.3. The molecule has 8 heteroatoms. The SMILES string of the molecule is NCCOCCN(C=O)CC(=O)N1CCN(C=O)CC1. The number of hydrogen-bond donors (Lipinski definition) is 1. The Morgan fingerprint density at radius 1 is 1.20 bits per heavy atom. The van der Waals surface area contributed by atoms with E-state index in [0.717, 1.165) is 6.41 Å². The molecule has 1 aliphatic rings. The molecule has 0 aromatic carbocycles. The average Bonchev–Trinajstić information content (AvgIpc) is 2.50. The minimum absolute atomic E-state index is 0.0383. The maximum Gasteiger partial charge on any atom is 0.242 e. The molecule has 0 spiro atoms. The van der Waals surface area contributed by atoms with Crippen molar-refractivity contribution < 1.29 is 19.1 Å². The Bertz CT molecular complexity index is 319. The predicted molar refractivity (Wildman–Crippen MR) is 71.7 cm³/mol. The minimum atomic E-state index is -0.110. The van der Waals surface area contributed by atoms with E-state index >= 15 is 0 Å². The molecule has 0 aliphatic carbocycles. The summed E-state index contributed by atoms with van der Waals surface area (Å²) in [6, 6.07) is 0. The van der Waals surface area contributed by atoms with Gasteiger partial charge in [0.2, 0.25) is 18.7 Å². The summed E-state index contributed by atoms with van der Waals surface area (Å²) < 4.78 is 5.17. The molecule has 114 valence electrons. The summed E-state index contributed by atoms with van der Waals surface area (Å²) in [7, 11) is 0. The first-order valence-electron chi connectivity index (χ1n) is 6.65. The van der Waals surface area contributed by atoms with E-state index in [1.165, 1.54) is 4.90 Å². The van der Waals surface area contributed by atoms with Gasteiger partial charge in [0, 0.05) is 39.3 Å². The van der Waals surface area contributed by atoms with Crippen LogP contribution in [0.1, 0.15) is 0 Å². The lowest BCUT2D eigenvalue weighted by molar-refractivity contribution is -0.138. The highest BCUT2D eigenvalue weighted by atomic mass is 16.5. The standard InChI is InChI=1S/C12H22N4O4/c13-1-7-20-8-6-15(11-18)9-12(19)16-4-2-14(10-17)3-5-16/h10-11H,1-9,13H2. The Morgan fingerprint density at radius 2 is 1.90 bits per heavy atom. The number of carbonyl (C=O) groups is 3. The van der Waals surface area contributed by atoms with Crippen LogP contribution in [0.2, 0.25) is 0 Å². The van der Waals surface area contributed by atoms with Crippen molar-refractivity contribution in [2.24, 2.45) is 5.73 Å². The third-order valence-corrected chi connectivity index (χ3v) is 3.09. The van der Waals surface area contributed by atoms with E-state index < -0.39 is 0 Å². The lowest BCUT2D eigenvalue weighted by Crippen LogP contribution is -2.50. The Labute approximate surface area is 118 Å². The van der Waals surface area contributed by atoms with Gasteiger partial charge in [-0.05, 0) is 0 Å². The summed E-state index contributed by atoms with van der Waals surface area (Å²) in [6.45, 7) is 3.73. The van der Waals surface area contributed by atoms with Crippen LogP contribution in [0.5, 0.6) is 0 Å². The molecule has 0 aromatic rings.